The van der Waals surface area contributed by atoms with Crippen molar-refractivity contribution >= 4 is 33.0 Å². The fourth-order valence-electron chi connectivity index (χ4n) is 1.11. The third kappa shape index (κ3) is 3.22. The highest BCUT2D eigenvalue weighted by atomic mass is 35.5. The Labute approximate surface area is 108 Å². The van der Waals surface area contributed by atoms with Gasteiger partial charge in [-0.1, -0.05) is 29.0 Å². The molecule has 0 radical (unpaired) electrons. The van der Waals surface area contributed by atoms with E-state index in [1.54, 1.807) is 24.4 Å². The van der Waals surface area contributed by atoms with Gasteiger partial charge in [0, 0.05) is 6.20 Å². The summed E-state index contributed by atoms with van der Waals surface area (Å²) in [5, 5.41) is 0. The number of thiazole rings is 1. The average molecular weight is 290 g/mol. The van der Waals surface area contributed by atoms with Gasteiger partial charge in [0.05, 0.1) is 18.4 Å². The van der Waals surface area contributed by atoms with Gasteiger partial charge in [0.25, 0.3) is 10.0 Å². The van der Waals surface area contributed by atoms with Gasteiger partial charge in [-0.15, -0.1) is 0 Å². The lowest BCUT2D eigenvalue weighted by Gasteiger charge is -2.03. The molecule has 0 saturated carbocycles. The summed E-state index contributed by atoms with van der Waals surface area (Å²) in [7, 11) is -3.56. The molecule has 1 N–H and O–H groups in total. The van der Waals surface area contributed by atoms with Crippen molar-refractivity contribution in [3.63, 3.8) is 0 Å². The summed E-state index contributed by atoms with van der Waals surface area (Å²) in [6.07, 6.45) is 2.83. The molecule has 0 bridgehead atoms. The maximum absolute atomic E-state index is 11.8. The SMILES string of the molecule is O=S(=O)(NCc1ccccn1)c1cnc(Cl)s1. The number of aromatic nitrogens is 2. The van der Waals surface area contributed by atoms with Crippen molar-refractivity contribution in [2.45, 2.75) is 10.8 Å². The molecule has 90 valence electrons. The van der Waals surface area contributed by atoms with Gasteiger partial charge in [0.15, 0.2) is 8.68 Å². The molecule has 2 aromatic rings. The summed E-state index contributed by atoms with van der Waals surface area (Å²) in [5.41, 5.74) is 0.645. The van der Waals surface area contributed by atoms with Crippen LogP contribution in [0.4, 0.5) is 0 Å². The van der Waals surface area contributed by atoms with E-state index in [9.17, 15) is 8.42 Å². The molecule has 5 nitrogen and oxygen atoms in total. The Hall–Kier alpha value is -1.02. The van der Waals surface area contributed by atoms with Crippen molar-refractivity contribution in [2.75, 3.05) is 0 Å². The van der Waals surface area contributed by atoms with Crippen molar-refractivity contribution in [2.24, 2.45) is 0 Å². The molecule has 2 rings (SSSR count). The van der Waals surface area contributed by atoms with Crippen LogP contribution in [0.3, 0.4) is 0 Å². The first-order valence-corrected chi connectivity index (χ1v) is 7.26. The lowest BCUT2D eigenvalue weighted by Crippen LogP contribution is -2.22. The third-order valence-electron chi connectivity index (χ3n) is 1.89. The highest BCUT2D eigenvalue weighted by Gasteiger charge is 2.17. The Morgan fingerprint density at radius 1 is 1.35 bits per heavy atom. The lowest BCUT2D eigenvalue weighted by molar-refractivity contribution is 0.582. The topological polar surface area (TPSA) is 72.0 Å². The van der Waals surface area contributed by atoms with E-state index in [1.807, 2.05) is 0 Å². The van der Waals surface area contributed by atoms with E-state index >= 15 is 0 Å². The Morgan fingerprint density at radius 3 is 2.76 bits per heavy atom. The van der Waals surface area contributed by atoms with Gasteiger partial charge in [-0.25, -0.2) is 18.1 Å². The van der Waals surface area contributed by atoms with Crippen LogP contribution in [0.5, 0.6) is 0 Å². The summed E-state index contributed by atoms with van der Waals surface area (Å²) < 4.78 is 26.3. The fraction of sp³-hybridized carbons (Fsp3) is 0.111. The summed E-state index contributed by atoms with van der Waals surface area (Å²) in [6.45, 7) is 0.138. The average Bonchev–Trinajstić information content (AvgIpc) is 2.76. The highest BCUT2D eigenvalue weighted by molar-refractivity contribution is 7.91. The van der Waals surface area contributed by atoms with Gasteiger partial charge >= 0.3 is 0 Å². The molecule has 0 atom stereocenters. The molecule has 0 aliphatic rings. The quantitative estimate of drug-likeness (QED) is 0.929. The number of nitrogens with zero attached hydrogens (tertiary/aromatic N) is 2. The smallest absolute Gasteiger partial charge is 0.252 e. The summed E-state index contributed by atoms with van der Waals surface area (Å²) in [4.78, 5) is 7.70. The number of hydrogen-bond acceptors (Lipinski definition) is 5. The summed E-state index contributed by atoms with van der Waals surface area (Å²) in [5.74, 6) is 0. The molecule has 2 aromatic heterocycles. The molecule has 2 heterocycles. The summed E-state index contributed by atoms with van der Waals surface area (Å²) in [6, 6.07) is 5.29. The number of halogens is 1. The summed E-state index contributed by atoms with van der Waals surface area (Å²) >= 11 is 6.50. The standard InChI is InChI=1S/C9H8ClN3O2S2/c10-9-12-6-8(16-9)17(14,15)13-5-7-3-1-2-4-11-7/h1-4,6,13H,5H2. The van der Waals surface area contributed by atoms with E-state index in [0.717, 1.165) is 11.3 Å². The van der Waals surface area contributed by atoms with Crippen LogP contribution in [0.15, 0.2) is 34.8 Å². The molecule has 0 spiro atoms. The molecule has 8 heteroatoms. The molecule has 0 aliphatic carbocycles. The maximum atomic E-state index is 11.8. The van der Waals surface area contributed by atoms with Crippen LogP contribution in [0.2, 0.25) is 4.47 Å². The van der Waals surface area contributed by atoms with Gasteiger partial charge in [0.2, 0.25) is 0 Å². The minimum absolute atomic E-state index is 0.0958. The number of hydrogen-bond donors (Lipinski definition) is 1. The molecule has 0 aliphatic heterocycles. The van der Waals surface area contributed by atoms with Crippen LogP contribution in [0.25, 0.3) is 0 Å². The number of pyridine rings is 1. The monoisotopic (exact) mass is 289 g/mol. The van der Waals surface area contributed by atoms with Crippen molar-refractivity contribution in [1.82, 2.24) is 14.7 Å². The highest BCUT2D eigenvalue weighted by Crippen LogP contribution is 2.22. The molecule has 17 heavy (non-hydrogen) atoms. The first-order chi connectivity index (χ1) is 8.08. The molecular weight excluding hydrogens is 282 g/mol. The van der Waals surface area contributed by atoms with Crippen LogP contribution in [-0.4, -0.2) is 18.4 Å². The number of sulfonamides is 1. The Balaban J connectivity index is 2.09. The maximum Gasteiger partial charge on any atom is 0.252 e. The van der Waals surface area contributed by atoms with Crippen molar-refractivity contribution in [3.8, 4) is 0 Å². The van der Waals surface area contributed by atoms with E-state index in [1.165, 1.54) is 6.20 Å². The second-order valence-electron chi connectivity index (χ2n) is 3.08. The Kier molecular flexibility index (Phi) is 3.72. The van der Waals surface area contributed by atoms with Crippen LogP contribution in [-0.2, 0) is 16.6 Å². The fourth-order valence-corrected chi connectivity index (χ4v) is 3.44. The third-order valence-corrected chi connectivity index (χ3v) is 4.87. The van der Waals surface area contributed by atoms with Gasteiger partial charge in [-0.3, -0.25) is 4.98 Å². The zero-order valence-corrected chi connectivity index (χ0v) is 10.9. The molecule has 0 aromatic carbocycles. The molecule has 0 fully saturated rings. The number of nitrogens with one attached hydrogen (secondary N) is 1. The molecule has 0 unspecified atom stereocenters. The van der Waals surface area contributed by atoms with Gasteiger partial charge < -0.3 is 0 Å². The van der Waals surface area contributed by atoms with Crippen LogP contribution < -0.4 is 4.72 Å². The van der Waals surface area contributed by atoms with E-state index in [-0.39, 0.29) is 15.2 Å². The van der Waals surface area contributed by atoms with E-state index < -0.39 is 10.0 Å². The lowest BCUT2D eigenvalue weighted by atomic mass is 10.4. The second-order valence-corrected chi connectivity index (χ2v) is 6.68. The normalized spacial score (nSPS) is 11.6. The molecule has 0 saturated heterocycles. The molecular formula is C9H8ClN3O2S2. The van der Waals surface area contributed by atoms with Crippen LogP contribution in [0.1, 0.15) is 5.69 Å². The van der Waals surface area contributed by atoms with Gasteiger partial charge in [-0.05, 0) is 12.1 Å². The van der Waals surface area contributed by atoms with Crippen molar-refractivity contribution in [3.05, 3.63) is 40.8 Å². The minimum atomic E-state index is -3.56. The zero-order chi connectivity index (χ0) is 12.3. The van der Waals surface area contributed by atoms with E-state index in [0.29, 0.717) is 5.69 Å². The van der Waals surface area contributed by atoms with Crippen molar-refractivity contribution < 1.29 is 8.42 Å². The van der Waals surface area contributed by atoms with E-state index in [4.69, 9.17) is 11.6 Å². The van der Waals surface area contributed by atoms with Crippen LogP contribution in [0, 0.1) is 0 Å². The Bertz CT molecular complexity index is 598. The zero-order valence-electron chi connectivity index (χ0n) is 8.50. The van der Waals surface area contributed by atoms with Crippen molar-refractivity contribution in [1.29, 1.82) is 0 Å². The van der Waals surface area contributed by atoms with Gasteiger partial charge in [-0.2, -0.15) is 0 Å². The number of rotatable bonds is 4. The Morgan fingerprint density at radius 2 is 2.18 bits per heavy atom. The first kappa shape index (κ1) is 12.4. The predicted octanol–water partition coefficient (Wildman–Crippen LogP) is 1.67. The second kappa shape index (κ2) is 5.09. The largest absolute Gasteiger partial charge is 0.260 e. The van der Waals surface area contributed by atoms with Gasteiger partial charge in [0.1, 0.15) is 0 Å². The first-order valence-electron chi connectivity index (χ1n) is 4.59. The van der Waals surface area contributed by atoms with E-state index in [2.05, 4.69) is 14.7 Å². The predicted molar refractivity (Wildman–Crippen MR) is 65.4 cm³/mol. The van der Waals surface area contributed by atoms with Crippen LogP contribution >= 0.6 is 22.9 Å². The molecule has 0 amide bonds. The minimum Gasteiger partial charge on any atom is -0.260 e.